The van der Waals surface area contributed by atoms with Crippen molar-refractivity contribution in [1.82, 2.24) is 9.55 Å². The van der Waals surface area contributed by atoms with E-state index in [1.54, 1.807) is 0 Å². The second-order valence-electron chi connectivity index (χ2n) is 8.71. The molecule has 2 aliphatic rings. The van der Waals surface area contributed by atoms with Crippen molar-refractivity contribution in [2.45, 2.75) is 58.3 Å². The van der Waals surface area contributed by atoms with Crippen molar-refractivity contribution >= 4 is 16.9 Å². The van der Waals surface area contributed by atoms with E-state index in [4.69, 9.17) is 10.7 Å². The van der Waals surface area contributed by atoms with Crippen molar-refractivity contribution in [3.63, 3.8) is 0 Å². The third-order valence-electron chi connectivity index (χ3n) is 6.26. The predicted molar refractivity (Wildman–Crippen MR) is 113 cm³/mol. The maximum Gasteiger partial charge on any atom is 0.263 e. The molecule has 0 amide bonds. The Balaban J connectivity index is 1.78. The van der Waals surface area contributed by atoms with Crippen LogP contribution in [0.25, 0.3) is 10.9 Å². The van der Waals surface area contributed by atoms with Crippen LogP contribution in [0, 0.1) is 6.92 Å². The van der Waals surface area contributed by atoms with Gasteiger partial charge >= 0.3 is 0 Å². The molecule has 0 radical (unpaired) electrons. The van der Waals surface area contributed by atoms with Crippen LogP contribution in [0.1, 0.15) is 55.0 Å². The number of hydrogen-bond acceptors (Lipinski definition) is 4. The SMILES string of the molecule is Cc1cc([C@@H](C)N)c2nc(N3Cc4ccccc4C3)n(C3(C)CC3)c(=O)c2c1. The molecule has 1 aliphatic carbocycles. The van der Waals surface area contributed by atoms with Crippen LogP contribution in [0.2, 0.25) is 0 Å². The van der Waals surface area contributed by atoms with E-state index in [1.807, 2.05) is 24.5 Å². The minimum Gasteiger partial charge on any atom is -0.333 e. The summed E-state index contributed by atoms with van der Waals surface area (Å²) in [4.78, 5) is 21.0. The van der Waals surface area contributed by atoms with Crippen molar-refractivity contribution in [2.75, 3.05) is 4.90 Å². The van der Waals surface area contributed by atoms with Gasteiger partial charge in [-0.3, -0.25) is 9.36 Å². The molecular weight excluding hydrogens is 348 g/mol. The molecule has 2 aromatic carbocycles. The Labute approximate surface area is 164 Å². The highest BCUT2D eigenvalue weighted by atomic mass is 16.1. The maximum atomic E-state index is 13.6. The number of nitrogens with zero attached hydrogens (tertiary/aromatic N) is 3. The summed E-state index contributed by atoms with van der Waals surface area (Å²) in [7, 11) is 0. The molecule has 0 saturated heterocycles. The van der Waals surface area contributed by atoms with E-state index in [9.17, 15) is 4.79 Å². The monoisotopic (exact) mass is 374 g/mol. The second-order valence-corrected chi connectivity index (χ2v) is 8.71. The zero-order chi connectivity index (χ0) is 19.6. The Morgan fingerprint density at radius 2 is 1.79 bits per heavy atom. The van der Waals surface area contributed by atoms with Gasteiger partial charge in [-0.2, -0.15) is 0 Å². The number of nitrogens with two attached hydrogens (primary N) is 1. The molecule has 0 spiro atoms. The quantitative estimate of drug-likeness (QED) is 0.758. The molecule has 144 valence electrons. The number of aromatic nitrogens is 2. The summed E-state index contributed by atoms with van der Waals surface area (Å²) in [5, 5.41) is 0.681. The van der Waals surface area contributed by atoms with Gasteiger partial charge in [-0.25, -0.2) is 4.98 Å². The number of rotatable bonds is 3. The zero-order valence-corrected chi connectivity index (χ0v) is 16.7. The first-order valence-electron chi connectivity index (χ1n) is 10.0. The minimum absolute atomic E-state index is 0.0570. The standard InChI is InChI=1S/C23H26N4O/c1-14-10-18(15(2)24)20-19(11-14)21(28)27(23(3)8-9-23)22(25-20)26-12-16-6-4-5-7-17(16)13-26/h4-7,10-11,15H,8-9,12-13,24H2,1-3H3/t15-/m1/s1. The molecular formula is C23H26N4O. The third-order valence-corrected chi connectivity index (χ3v) is 6.26. The third kappa shape index (κ3) is 2.57. The van der Waals surface area contributed by atoms with Crippen molar-refractivity contribution in [3.8, 4) is 0 Å². The van der Waals surface area contributed by atoms with Crippen molar-refractivity contribution < 1.29 is 0 Å². The van der Waals surface area contributed by atoms with E-state index >= 15 is 0 Å². The molecule has 1 aliphatic heterocycles. The largest absolute Gasteiger partial charge is 0.333 e. The van der Waals surface area contributed by atoms with Crippen LogP contribution in [0.15, 0.2) is 41.2 Å². The Hall–Kier alpha value is -2.66. The lowest BCUT2D eigenvalue weighted by Gasteiger charge is -2.26. The highest BCUT2D eigenvalue weighted by molar-refractivity contribution is 5.83. The average molecular weight is 374 g/mol. The summed E-state index contributed by atoms with van der Waals surface area (Å²) >= 11 is 0. The highest BCUT2D eigenvalue weighted by Gasteiger charge is 2.43. The molecule has 1 atom stereocenters. The van der Waals surface area contributed by atoms with Crippen molar-refractivity contribution in [2.24, 2.45) is 5.73 Å². The van der Waals surface area contributed by atoms with E-state index < -0.39 is 0 Å². The van der Waals surface area contributed by atoms with Gasteiger partial charge in [-0.1, -0.05) is 30.3 Å². The molecule has 3 aromatic rings. The van der Waals surface area contributed by atoms with Gasteiger partial charge in [-0.15, -0.1) is 0 Å². The molecule has 28 heavy (non-hydrogen) atoms. The fourth-order valence-corrected chi connectivity index (χ4v) is 4.38. The predicted octanol–water partition coefficient (Wildman–Crippen LogP) is 3.75. The summed E-state index contributed by atoms with van der Waals surface area (Å²) < 4.78 is 1.95. The van der Waals surface area contributed by atoms with E-state index in [-0.39, 0.29) is 17.1 Å². The normalized spacial score (nSPS) is 18.4. The van der Waals surface area contributed by atoms with Gasteiger partial charge < -0.3 is 10.6 Å². The summed E-state index contributed by atoms with van der Waals surface area (Å²) in [6.45, 7) is 7.69. The van der Waals surface area contributed by atoms with Crippen LogP contribution < -0.4 is 16.2 Å². The molecule has 0 bridgehead atoms. The van der Waals surface area contributed by atoms with Crippen LogP contribution >= 0.6 is 0 Å². The average Bonchev–Trinajstić information content (AvgIpc) is 3.25. The number of benzene rings is 2. The number of fused-ring (bicyclic) bond motifs is 2. The van der Waals surface area contributed by atoms with Crippen LogP contribution in [0.5, 0.6) is 0 Å². The van der Waals surface area contributed by atoms with E-state index in [2.05, 4.69) is 42.2 Å². The zero-order valence-electron chi connectivity index (χ0n) is 16.7. The lowest BCUT2D eigenvalue weighted by atomic mass is 10.0. The first kappa shape index (κ1) is 17.4. The molecule has 1 fully saturated rings. The van der Waals surface area contributed by atoms with E-state index in [1.165, 1.54) is 11.1 Å². The Kier molecular flexibility index (Phi) is 3.68. The lowest BCUT2D eigenvalue weighted by Crippen LogP contribution is -2.35. The molecule has 5 heteroatoms. The van der Waals surface area contributed by atoms with Gasteiger partial charge in [-0.05, 0) is 61.9 Å². The first-order valence-corrected chi connectivity index (χ1v) is 10.0. The first-order chi connectivity index (χ1) is 13.4. The molecule has 5 rings (SSSR count). The fraction of sp³-hybridized carbons (Fsp3) is 0.391. The van der Waals surface area contributed by atoms with Gasteiger partial charge in [0, 0.05) is 24.7 Å². The molecule has 2 heterocycles. The summed E-state index contributed by atoms with van der Waals surface area (Å²) in [6, 6.07) is 12.3. The lowest BCUT2D eigenvalue weighted by molar-refractivity contribution is 0.503. The molecule has 5 nitrogen and oxygen atoms in total. The maximum absolute atomic E-state index is 13.6. The van der Waals surface area contributed by atoms with Crippen molar-refractivity contribution in [3.05, 3.63) is 69.0 Å². The molecule has 1 saturated carbocycles. The van der Waals surface area contributed by atoms with Gasteiger partial charge in [0.25, 0.3) is 5.56 Å². The number of anilines is 1. The smallest absolute Gasteiger partial charge is 0.263 e. The summed E-state index contributed by atoms with van der Waals surface area (Å²) in [6.07, 6.45) is 2.03. The Morgan fingerprint density at radius 3 is 2.36 bits per heavy atom. The fourth-order valence-electron chi connectivity index (χ4n) is 4.38. The summed E-state index contributed by atoms with van der Waals surface area (Å²) in [5.74, 6) is 0.777. The Morgan fingerprint density at radius 1 is 1.14 bits per heavy atom. The summed E-state index contributed by atoms with van der Waals surface area (Å²) in [5.41, 5.74) is 11.5. The van der Waals surface area contributed by atoms with E-state index in [0.717, 1.165) is 48.5 Å². The Bertz CT molecular complexity index is 1130. The van der Waals surface area contributed by atoms with Gasteiger partial charge in [0.15, 0.2) is 0 Å². The van der Waals surface area contributed by atoms with Gasteiger partial charge in [0.1, 0.15) is 0 Å². The van der Waals surface area contributed by atoms with Crippen LogP contribution in [0.4, 0.5) is 5.95 Å². The van der Waals surface area contributed by atoms with Crippen LogP contribution in [-0.4, -0.2) is 9.55 Å². The highest BCUT2D eigenvalue weighted by Crippen LogP contribution is 2.45. The topological polar surface area (TPSA) is 64.2 Å². The van der Waals surface area contributed by atoms with Crippen LogP contribution in [0.3, 0.4) is 0 Å². The minimum atomic E-state index is -0.176. The van der Waals surface area contributed by atoms with Gasteiger partial charge in [0.05, 0.1) is 10.9 Å². The molecule has 2 N–H and O–H groups in total. The second kappa shape index (κ2) is 5.92. The van der Waals surface area contributed by atoms with Crippen molar-refractivity contribution in [1.29, 1.82) is 0 Å². The van der Waals surface area contributed by atoms with Crippen LogP contribution in [-0.2, 0) is 18.6 Å². The number of hydrogen-bond donors (Lipinski definition) is 1. The van der Waals surface area contributed by atoms with E-state index in [0.29, 0.717) is 5.39 Å². The molecule has 1 aromatic heterocycles. The molecule has 0 unspecified atom stereocenters. The van der Waals surface area contributed by atoms with Gasteiger partial charge in [0.2, 0.25) is 5.95 Å². The number of aryl methyl sites for hydroxylation is 1.